The molecule has 0 aliphatic carbocycles. The fourth-order valence-corrected chi connectivity index (χ4v) is 7.73. The van der Waals surface area contributed by atoms with Crippen molar-refractivity contribution in [2.45, 2.75) is 32.9 Å². The van der Waals surface area contributed by atoms with Gasteiger partial charge in [0.15, 0.2) is 18.6 Å². The van der Waals surface area contributed by atoms with Crippen molar-refractivity contribution in [3.8, 4) is 33.8 Å². The fourth-order valence-electron chi connectivity index (χ4n) is 7.73. The third-order valence-corrected chi connectivity index (χ3v) is 9.90. The van der Waals surface area contributed by atoms with Crippen molar-refractivity contribution in [2.75, 3.05) is 0 Å². The van der Waals surface area contributed by atoms with Crippen LogP contribution in [0.4, 0.5) is 0 Å². The predicted molar refractivity (Wildman–Crippen MR) is 187 cm³/mol. The molecule has 3 aromatic carbocycles. The molecule has 7 aromatic rings. The Morgan fingerprint density at radius 3 is 2.09 bits per heavy atom. The average molecular weight is 613 g/mol. The summed E-state index contributed by atoms with van der Waals surface area (Å²) in [7, 11) is 2.13. The molecule has 0 saturated carbocycles. The molecule has 0 N–H and O–H groups in total. The molecule has 4 aromatic heterocycles. The van der Waals surface area contributed by atoms with E-state index in [0.29, 0.717) is 6.54 Å². The second kappa shape index (κ2) is 11.3. The number of hydrogen-bond donors (Lipinski definition) is 0. The number of pyridine rings is 3. The van der Waals surface area contributed by atoms with E-state index < -0.39 is 5.54 Å². The standard InChI is InChI=1S/C43H38N3O/c1-5-31-34-27-35-37(28-42(34)47-41(31)6-2)43(29-45-25-15-12-22-39(35)45,36-20-10-9-19-33(36)38-21-11-14-24-44(38)4)46-26-16-13-23-40(46)32-18-8-7-17-30(32)3/h5-28H,29H2,1-4H3/q+3. The molecular formula is C43H38N3O+3. The largest absolute Gasteiger partial charge is 0.456 e. The Balaban J connectivity index is 1.59. The van der Waals surface area contributed by atoms with E-state index in [2.05, 4.69) is 181 Å². The molecule has 1 unspecified atom stereocenters. The third-order valence-electron chi connectivity index (χ3n) is 9.90. The number of fused-ring (bicyclic) bond motifs is 4. The van der Waals surface area contributed by atoms with E-state index in [1.54, 1.807) is 0 Å². The van der Waals surface area contributed by atoms with E-state index in [9.17, 15) is 0 Å². The second-order valence-corrected chi connectivity index (χ2v) is 12.4. The lowest BCUT2D eigenvalue weighted by Crippen LogP contribution is -2.67. The third kappa shape index (κ3) is 4.39. The van der Waals surface area contributed by atoms with Crippen LogP contribution < -0.4 is 24.3 Å². The zero-order chi connectivity index (χ0) is 32.1. The molecule has 0 amide bonds. The van der Waals surface area contributed by atoms with E-state index in [1.165, 1.54) is 39.1 Å². The lowest BCUT2D eigenvalue weighted by atomic mass is 9.73. The molecule has 4 nitrogen and oxygen atoms in total. The van der Waals surface area contributed by atoms with Crippen LogP contribution >= 0.6 is 0 Å². The molecule has 1 aliphatic heterocycles. The highest BCUT2D eigenvalue weighted by Gasteiger charge is 2.56. The summed E-state index contributed by atoms with van der Waals surface area (Å²) < 4.78 is 13.8. The number of rotatable bonds is 4. The summed E-state index contributed by atoms with van der Waals surface area (Å²) in [5.74, 6) is 0. The summed E-state index contributed by atoms with van der Waals surface area (Å²) in [4.78, 5) is 0. The maximum atomic E-state index is 6.62. The van der Waals surface area contributed by atoms with Gasteiger partial charge in [-0.1, -0.05) is 42.5 Å². The Hall–Kier alpha value is -5.61. The predicted octanol–water partition coefficient (Wildman–Crippen LogP) is 6.55. The number of furan rings is 1. The Bertz CT molecular complexity index is 2360. The lowest BCUT2D eigenvalue weighted by Gasteiger charge is -2.34. The van der Waals surface area contributed by atoms with E-state index in [-0.39, 0.29) is 0 Å². The Kier molecular flexibility index (Phi) is 6.95. The molecule has 228 valence electrons. The summed E-state index contributed by atoms with van der Waals surface area (Å²) in [6, 6.07) is 41.9. The topological polar surface area (TPSA) is 24.8 Å². The first-order valence-corrected chi connectivity index (χ1v) is 16.4. The van der Waals surface area contributed by atoms with Crippen molar-refractivity contribution in [3.05, 3.63) is 161 Å². The molecule has 4 heteroatoms. The molecule has 1 atom stereocenters. The van der Waals surface area contributed by atoms with Crippen LogP contribution in [0.5, 0.6) is 0 Å². The average Bonchev–Trinajstić information content (AvgIpc) is 3.48. The van der Waals surface area contributed by atoms with E-state index in [0.717, 1.165) is 33.0 Å². The normalized spacial score (nSPS) is 16.3. The van der Waals surface area contributed by atoms with Crippen LogP contribution in [0.3, 0.4) is 0 Å². The quantitative estimate of drug-likeness (QED) is 0.207. The molecule has 0 fully saturated rings. The summed E-state index contributed by atoms with van der Waals surface area (Å²) in [5, 5.41) is 2.26. The zero-order valence-electron chi connectivity index (χ0n) is 27.3. The highest BCUT2D eigenvalue weighted by Crippen LogP contribution is 2.44. The number of benzene rings is 3. The van der Waals surface area contributed by atoms with Crippen LogP contribution in [0.2, 0.25) is 0 Å². The molecular weight excluding hydrogens is 574 g/mol. The molecule has 5 heterocycles. The second-order valence-electron chi connectivity index (χ2n) is 12.4. The smallest absolute Gasteiger partial charge is 0.278 e. The number of nitrogens with zero attached hydrogens (tertiary/aromatic N) is 3. The monoisotopic (exact) mass is 612 g/mol. The maximum Gasteiger partial charge on any atom is 0.278 e. The Morgan fingerprint density at radius 1 is 0.638 bits per heavy atom. The van der Waals surface area contributed by atoms with Crippen LogP contribution in [0.1, 0.15) is 30.5 Å². The Labute approximate surface area is 275 Å². The first-order valence-electron chi connectivity index (χ1n) is 16.4. The van der Waals surface area contributed by atoms with E-state index in [1.807, 2.05) is 6.92 Å². The van der Waals surface area contributed by atoms with Gasteiger partial charge in [-0.25, -0.2) is 4.57 Å². The van der Waals surface area contributed by atoms with Crippen molar-refractivity contribution in [3.63, 3.8) is 0 Å². The zero-order valence-corrected chi connectivity index (χ0v) is 27.3. The van der Waals surface area contributed by atoms with Gasteiger partial charge in [0.05, 0.1) is 16.7 Å². The fraction of sp³-hybridized carbons (Fsp3) is 0.140. The van der Waals surface area contributed by atoms with Gasteiger partial charge in [-0.2, -0.15) is 9.13 Å². The summed E-state index contributed by atoms with van der Waals surface area (Å²) in [6.45, 7) is 7.04. The molecule has 47 heavy (non-hydrogen) atoms. The van der Waals surface area contributed by atoms with Gasteiger partial charge in [-0.15, -0.1) is 0 Å². The van der Waals surface area contributed by atoms with Crippen molar-refractivity contribution in [1.82, 2.24) is 0 Å². The molecule has 8 rings (SSSR count). The molecule has 1 aliphatic rings. The van der Waals surface area contributed by atoms with Gasteiger partial charge in [0.25, 0.3) is 5.54 Å². The van der Waals surface area contributed by atoms with Gasteiger partial charge in [0.1, 0.15) is 18.0 Å². The van der Waals surface area contributed by atoms with Crippen molar-refractivity contribution >= 4 is 23.1 Å². The van der Waals surface area contributed by atoms with Crippen molar-refractivity contribution in [1.29, 1.82) is 0 Å². The van der Waals surface area contributed by atoms with Gasteiger partial charge < -0.3 is 4.42 Å². The number of hydrogen-bond acceptors (Lipinski definition) is 1. The lowest BCUT2D eigenvalue weighted by molar-refractivity contribution is -0.808. The van der Waals surface area contributed by atoms with Gasteiger partial charge in [-0.05, 0) is 74.9 Å². The van der Waals surface area contributed by atoms with Crippen LogP contribution in [0, 0.1) is 6.92 Å². The molecule has 0 saturated heterocycles. The summed E-state index contributed by atoms with van der Waals surface area (Å²) in [5.41, 5.74) is 12.0. The molecule has 0 bridgehead atoms. The van der Waals surface area contributed by atoms with Gasteiger partial charge >= 0.3 is 0 Å². The minimum atomic E-state index is -0.653. The minimum absolute atomic E-state index is 0.653. The SMILES string of the molecule is CC=c1oc2cc3c(cc2c1=CC)-c1cccc[n+]1CC3(c1ccccc1-c1cccc[n+]1C)[n+]1ccccc1-c1ccccc1C. The van der Waals surface area contributed by atoms with Crippen LogP contribution in [-0.4, -0.2) is 0 Å². The van der Waals surface area contributed by atoms with Crippen molar-refractivity contribution in [2.24, 2.45) is 7.05 Å². The molecule has 0 spiro atoms. The maximum absolute atomic E-state index is 6.62. The highest BCUT2D eigenvalue weighted by atomic mass is 16.3. The number of aromatic nitrogens is 3. The summed E-state index contributed by atoms with van der Waals surface area (Å²) in [6.07, 6.45) is 10.9. The first kappa shape index (κ1) is 28.8. The summed E-state index contributed by atoms with van der Waals surface area (Å²) >= 11 is 0. The first-order chi connectivity index (χ1) is 23.0. The van der Waals surface area contributed by atoms with Gasteiger partial charge in [-0.3, -0.25) is 0 Å². The van der Waals surface area contributed by atoms with Gasteiger partial charge in [0, 0.05) is 58.1 Å². The van der Waals surface area contributed by atoms with E-state index >= 15 is 0 Å². The van der Waals surface area contributed by atoms with Crippen LogP contribution in [0.25, 0.3) is 56.9 Å². The number of aryl methyl sites for hydroxylation is 2. The molecule has 0 radical (unpaired) electrons. The van der Waals surface area contributed by atoms with Gasteiger partial charge in [0.2, 0.25) is 23.6 Å². The minimum Gasteiger partial charge on any atom is -0.456 e. The van der Waals surface area contributed by atoms with E-state index in [4.69, 9.17) is 4.42 Å². The Morgan fingerprint density at radius 2 is 1.32 bits per heavy atom. The van der Waals surface area contributed by atoms with Crippen LogP contribution in [0.15, 0.2) is 138 Å². The highest BCUT2D eigenvalue weighted by molar-refractivity contribution is 5.87. The van der Waals surface area contributed by atoms with Crippen molar-refractivity contribution < 1.29 is 18.1 Å². The van der Waals surface area contributed by atoms with Crippen LogP contribution in [-0.2, 0) is 19.1 Å².